The van der Waals surface area contributed by atoms with Crippen LogP contribution in [-0.4, -0.2) is 16.9 Å². The molecule has 1 atom stereocenters. The number of aryl methyl sites for hydroxylation is 1. The van der Waals surface area contributed by atoms with Gasteiger partial charge in [-0.05, 0) is 73.8 Å². The van der Waals surface area contributed by atoms with Crippen molar-refractivity contribution in [2.24, 2.45) is 5.92 Å². The smallest absolute Gasteiger partial charge is 0.550 e. The molecule has 0 N–H and O–H groups in total. The van der Waals surface area contributed by atoms with Crippen molar-refractivity contribution in [2.75, 3.05) is 0 Å². The van der Waals surface area contributed by atoms with E-state index in [0.29, 0.717) is 28.2 Å². The molecule has 0 saturated heterocycles. The summed E-state index contributed by atoms with van der Waals surface area (Å²) in [6, 6.07) is 9.48. The Morgan fingerprint density at radius 2 is 1.94 bits per heavy atom. The molecule has 1 aliphatic rings. The number of carboxylic acid groups (broad SMARTS) is 1. The molecule has 1 fully saturated rings. The first-order chi connectivity index (χ1) is 16.7. The zero-order valence-electron chi connectivity index (χ0n) is 21.4. The van der Waals surface area contributed by atoms with E-state index in [1.807, 2.05) is 37.3 Å². The molecule has 0 unspecified atom stereocenters. The van der Waals surface area contributed by atoms with Crippen LogP contribution < -0.4 is 34.7 Å². The van der Waals surface area contributed by atoms with E-state index in [-0.39, 0.29) is 72.9 Å². The predicted molar refractivity (Wildman–Crippen MR) is 131 cm³/mol. The third-order valence-corrected chi connectivity index (χ3v) is 6.74. The summed E-state index contributed by atoms with van der Waals surface area (Å²) in [5, 5.41) is 16.2. The van der Waals surface area contributed by atoms with Gasteiger partial charge in [0.2, 0.25) is 5.76 Å². The number of aliphatic carboxylic acids is 1. The summed E-state index contributed by atoms with van der Waals surface area (Å²) < 4.78 is 11.8. The van der Waals surface area contributed by atoms with Crippen LogP contribution in [-0.2, 0) is 22.4 Å². The third-order valence-electron chi connectivity index (χ3n) is 6.39. The summed E-state index contributed by atoms with van der Waals surface area (Å²) in [6.45, 7) is 6.21. The summed E-state index contributed by atoms with van der Waals surface area (Å²) in [7, 11) is 0. The number of carboxylic acids is 1. The van der Waals surface area contributed by atoms with Crippen molar-refractivity contribution in [3.8, 4) is 11.5 Å². The molecule has 0 aliphatic heterocycles. The number of furan rings is 1. The Balaban J connectivity index is 0.00000361. The van der Waals surface area contributed by atoms with Crippen LogP contribution in [0.4, 0.5) is 0 Å². The number of benzene rings is 1. The minimum absolute atomic E-state index is 0. The van der Waals surface area contributed by atoms with Gasteiger partial charge in [-0.2, -0.15) is 0 Å². The van der Waals surface area contributed by atoms with E-state index < -0.39 is 5.97 Å². The fraction of sp³-hybridized carbons (Fsp3) is 0.464. The number of Topliss-reactive ketones (excluding diaryl/α,β-unsaturated/α-hetero) is 1. The van der Waals surface area contributed by atoms with Crippen LogP contribution in [0, 0.1) is 12.8 Å². The van der Waals surface area contributed by atoms with Crippen molar-refractivity contribution in [1.82, 2.24) is 5.16 Å². The molecule has 1 aliphatic carbocycles. The summed E-state index contributed by atoms with van der Waals surface area (Å²) in [4.78, 5) is 24.3. The molecule has 6 nitrogen and oxygen atoms in total. The first kappa shape index (κ1) is 28.7. The van der Waals surface area contributed by atoms with Crippen molar-refractivity contribution in [3.63, 3.8) is 0 Å². The largest absolute Gasteiger partial charge is 1.00 e. The van der Waals surface area contributed by atoms with Crippen LogP contribution in [0.2, 0.25) is 5.02 Å². The number of hydrogen-bond donors (Lipinski definition) is 0. The number of nitrogens with zero attached hydrogens (tertiary/aromatic N) is 1. The molecule has 0 spiro atoms. The zero-order valence-corrected chi connectivity index (χ0v) is 24.2. The van der Waals surface area contributed by atoms with E-state index in [1.165, 1.54) is 0 Å². The van der Waals surface area contributed by atoms with Crippen molar-refractivity contribution < 1.29 is 53.2 Å². The van der Waals surface area contributed by atoms with Gasteiger partial charge in [0.15, 0.2) is 5.76 Å². The van der Waals surface area contributed by atoms with Crippen LogP contribution in [0.15, 0.2) is 39.3 Å². The number of carbonyl (C=O) groups excluding carboxylic acids is 2. The number of carbonyl (C=O) groups is 2. The average molecular weight is 520 g/mol. The van der Waals surface area contributed by atoms with Crippen LogP contribution >= 0.6 is 11.6 Å². The van der Waals surface area contributed by atoms with Gasteiger partial charge >= 0.3 is 29.6 Å². The second kappa shape index (κ2) is 12.6. The predicted octanol–water partition coefficient (Wildman–Crippen LogP) is 2.79. The normalized spacial score (nSPS) is 14.0. The Kier molecular flexibility index (Phi) is 10.0. The Labute approximate surface area is 239 Å². The molecule has 2 heterocycles. The fourth-order valence-electron chi connectivity index (χ4n) is 4.54. The van der Waals surface area contributed by atoms with E-state index >= 15 is 0 Å². The van der Waals surface area contributed by atoms with E-state index in [0.717, 1.165) is 41.7 Å². The summed E-state index contributed by atoms with van der Waals surface area (Å²) in [6.07, 6.45) is 3.25. The van der Waals surface area contributed by atoms with Gasteiger partial charge in [0.25, 0.3) is 0 Å². The van der Waals surface area contributed by atoms with Crippen LogP contribution in [0.3, 0.4) is 0 Å². The summed E-state index contributed by atoms with van der Waals surface area (Å²) >= 11 is 6.33. The van der Waals surface area contributed by atoms with Gasteiger partial charge in [-0.15, -0.1) is 0 Å². The third kappa shape index (κ3) is 7.34. The minimum Gasteiger partial charge on any atom is -0.550 e. The maximum atomic E-state index is 13.1. The van der Waals surface area contributed by atoms with Gasteiger partial charge in [-0.1, -0.05) is 42.7 Å². The number of hydrogen-bond acceptors (Lipinski definition) is 6. The van der Waals surface area contributed by atoms with Crippen molar-refractivity contribution in [2.45, 2.75) is 77.6 Å². The second-order valence-corrected chi connectivity index (χ2v) is 10.5. The molecule has 4 rings (SSSR count). The zero-order chi connectivity index (χ0) is 25.1. The van der Waals surface area contributed by atoms with Crippen LogP contribution in [0.1, 0.15) is 85.9 Å². The van der Waals surface area contributed by atoms with Gasteiger partial charge in [-0.3, -0.25) is 4.79 Å². The fourth-order valence-corrected chi connectivity index (χ4v) is 4.84. The molecular weight excluding hydrogens is 489 g/mol. The number of rotatable bonds is 12. The molecule has 3 aromatic rings. The second-order valence-electron chi connectivity index (χ2n) is 10.1. The van der Waals surface area contributed by atoms with Crippen molar-refractivity contribution in [3.05, 3.63) is 63.5 Å². The van der Waals surface area contributed by atoms with E-state index in [1.54, 1.807) is 0 Å². The Hall–Kier alpha value is -1.86. The molecule has 186 valence electrons. The molecule has 36 heavy (non-hydrogen) atoms. The van der Waals surface area contributed by atoms with Crippen LogP contribution in [0.25, 0.3) is 11.5 Å². The standard InChI is InChI=1S/C28H32ClNO5.Na/c1-16(2)12-22-9-10-24(34-22)28-26(18-6-7-18)27(30-35-28)20(8-11-25(32)33)15-21(31)14-19-5-4-17(3)13-23(19)29;/h4-5,9-10,13,16,18,20H,6-8,11-12,14-15H2,1-3H3,(H,32,33);/q;+1/p-1/t20-;/m0./s1. The topological polar surface area (TPSA) is 96.4 Å². The van der Waals surface area contributed by atoms with Gasteiger partial charge < -0.3 is 18.8 Å². The Morgan fingerprint density at radius 3 is 2.58 bits per heavy atom. The Bertz CT molecular complexity index is 1210. The quantitative estimate of drug-likeness (QED) is 0.341. The SMILES string of the molecule is Cc1ccc(CC(=O)C[C@H](CCC(=O)[O-])c2noc(-c3ccc(CC(C)C)o3)c2C2CC2)c(Cl)c1.[Na+]. The molecular formula is C28H31ClNNaO5. The summed E-state index contributed by atoms with van der Waals surface area (Å²) in [5.74, 6) is 1.27. The molecule has 1 aromatic carbocycles. The molecule has 1 saturated carbocycles. The molecule has 0 radical (unpaired) electrons. The maximum absolute atomic E-state index is 13.1. The summed E-state index contributed by atoms with van der Waals surface area (Å²) in [5.41, 5.74) is 3.39. The van der Waals surface area contributed by atoms with Crippen molar-refractivity contribution >= 4 is 23.4 Å². The first-order valence-corrected chi connectivity index (χ1v) is 12.6. The van der Waals surface area contributed by atoms with E-state index in [4.69, 9.17) is 20.5 Å². The number of aromatic nitrogens is 1. The van der Waals surface area contributed by atoms with Gasteiger partial charge in [-0.25, -0.2) is 0 Å². The number of halogens is 1. The maximum Gasteiger partial charge on any atom is 1.00 e. The Morgan fingerprint density at radius 1 is 1.19 bits per heavy atom. The van der Waals surface area contributed by atoms with E-state index in [9.17, 15) is 14.7 Å². The van der Waals surface area contributed by atoms with E-state index in [2.05, 4.69) is 19.0 Å². The molecule has 0 amide bonds. The first-order valence-electron chi connectivity index (χ1n) is 12.3. The van der Waals surface area contributed by atoms with Gasteiger partial charge in [0.1, 0.15) is 11.5 Å². The van der Waals surface area contributed by atoms with Crippen molar-refractivity contribution in [1.29, 1.82) is 0 Å². The molecule has 2 aromatic heterocycles. The molecule has 8 heteroatoms. The minimum atomic E-state index is -1.15. The monoisotopic (exact) mass is 519 g/mol. The number of ketones is 1. The van der Waals surface area contributed by atoms with Crippen LogP contribution in [0.5, 0.6) is 0 Å². The van der Waals surface area contributed by atoms with Gasteiger partial charge in [0, 0.05) is 41.7 Å². The average Bonchev–Trinajstić information content (AvgIpc) is 3.36. The molecule has 0 bridgehead atoms. The van der Waals surface area contributed by atoms with Gasteiger partial charge in [0.05, 0.1) is 5.69 Å².